The second-order valence-corrected chi connectivity index (χ2v) is 4.79. The quantitative estimate of drug-likeness (QED) is 0.740. The van der Waals surface area contributed by atoms with E-state index in [9.17, 15) is 5.11 Å². The molecule has 0 unspecified atom stereocenters. The molecule has 2 nitrogen and oxygen atoms in total. The van der Waals surface area contributed by atoms with Crippen molar-refractivity contribution in [3.8, 4) is 34.1 Å². The summed E-state index contributed by atoms with van der Waals surface area (Å²) in [7, 11) is 0. The fraction of sp³-hybridized carbons (Fsp3) is 0. The van der Waals surface area contributed by atoms with E-state index in [1.54, 1.807) is 12.1 Å². The van der Waals surface area contributed by atoms with Crippen LogP contribution in [0.3, 0.4) is 0 Å². The van der Waals surface area contributed by atoms with Gasteiger partial charge in [0.15, 0.2) is 0 Å². The molecule has 0 spiro atoms. The fourth-order valence-corrected chi connectivity index (χ4v) is 2.29. The van der Waals surface area contributed by atoms with Crippen molar-refractivity contribution in [3.05, 3.63) is 78.4 Å². The van der Waals surface area contributed by atoms with Gasteiger partial charge in [-0.1, -0.05) is 60.7 Å². The third-order valence-electron chi connectivity index (χ3n) is 3.44. The number of hydrogen-bond acceptors (Lipinski definition) is 2. The molecular formula is C19H13NO. The first-order chi connectivity index (χ1) is 10.3. The van der Waals surface area contributed by atoms with E-state index >= 15 is 0 Å². The average molecular weight is 271 g/mol. The number of hydrogen-bond donors (Lipinski definition) is 1. The predicted molar refractivity (Wildman–Crippen MR) is 83.7 cm³/mol. The Balaban J connectivity index is 1.97. The van der Waals surface area contributed by atoms with Gasteiger partial charge in [0.05, 0.1) is 5.56 Å². The maximum absolute atomic E-state index is 9.55. The van der Waals surface area contributed by atoms with E-state index in [1.165, 1.54) is 5.56 Å². The number of nitriles is 1. The van der Waals surface area contributed by atoms with Crippen molar-refractivity contribution in [1.82, 2.24) is 0 Å². The van der Waals surface area contributed by atoms with Gasteiger partial charge in [-0.05, 0) is 34.4 Å². The fourth-order valence-electron chi connectivity index (χ4n) is 2.29. The van der Waals surface area contributed by atoms with Crippen molar-refractivity contribution in [2.45, 2.75) is 0 Å². The molecule has 0 fully saturated rings. The van der Waals surface area contributed by atoms with E-state index in [0.717, 1.165) is 16.7 Å². The molecule has 0 radical (unpaired) electrons. The number of phenolic OH excluding ortho intramolecular Hbond substituents is 1. The maximum Gasteiger partial charge on any atom is 0.133 e. The lowest BCUT2D eigenvalue weighted by Crippen LogP contribution is -1.82. The lowest BCUT2D eigenvalue weighted by atomic mass is 9.99. The predicted octanol–water partition coefficient (Wildman–Crippen LogP) is 4.60. The van der Waals surface area contributed by atoms with E-state index in [-0.39, 0.29) is 5.75 Å². The van der Waals surface area contributed by atoms with E-state index < -0.39 is 0 Å². The van der Waals surface area contributed by atoms with Gasteiger partial charge in [-0.15, -0.1) is 0 Å². The first-order valence-corrected chi connectivity index (χ1v) is 6.67. The summed E-state index contributed by atoms with van der Waals surface area (Å²) in [4.78, 5) is 0. The SMILES string of the molecule is N#Cc1cc(-c2ccc(-c3ccccc3)cc2)ccc1O. The Morgan fingerprint density at radius 2 is 1.19 bits per heavy atom. The molecule has 0 heterocycles. The van der Waals surface area contributed by atoms with Crippen LogP contribution in [0.25, 0.3) is 22.3 Å². The van der Waals surface area contributed by atoms with Crippen molar-refractivity contribution in [1.29, 1.82) is 5.26 Å². The van der Waals surface area contributed by atoms with E-state index in [4.69, 9.17) is 5.26 Å². The number of nitrogens with zero attached hydrogens (tertiary/aromatic N) is 1. The summed E-state index contributed by atoms with van der Waals surface area (Å²) in [5, 5.41) is 18.5. The maximum atomic E-state index is 9.55. The van der Waals surface area contributed by atoms with Crippen molar-refractivity contribution in [2.24, 2.45) is 0 Å². The topological polar surface area (TPSA) is 44.0 Å². The van der Waals surface area contributed by atoms with Crippen molar-refractivity contribution in [2.75, 3.05) is 0 Å². The van der Waals surface area contributed by atoms with Crippen molar-refractivity contribution < 1.29 is 5.11 Å². The molecule has 0 aliphatic rings. The van der Waals surface area contributed by atoms with Crippen LogP contribution < -0.4 is 0 Å². The highest BCUT2D eigenvalue weighted by Crippen LogP contribution is 2.27. The third-order valence-corrected chi connectivity index (χ3v) is 3.44. The molecule has 0 bridgehead atoms. The third kappa shape index (κ3) is 2.63. The highest BCUT2D eigenvalue weighted by Gasteiger charge is 2.04. The molecule has 0 amide bonds. The first kappa shape index (κ1) is 13.0. The normalized spacial score (nSPS) is 10.0. The molecule has 0 aliphatic carbocycles. The van der Waals surface area contributed by atoms with Crippen LogP contribution >= 0.6 is 0 Å². The Bertz CT molecular complexity index is 799. The standard InChI is InChI=1S/C19H13NO/c20-13-18-12-17(10-11-19(18)21)16-8-6-15(7-9-16)14-4-2-1-3-5-14/h1-12,21H. The monoisotopic (exact) mass is 271 g/mol. The smallest absolute Gasteiger partial charge is 0.133 e. The minimum Gasteiger partial charge on any atom is -0.507 e. The summed E-state index contributed by atoms with van der Waals surface area (Å²) in [5.74, 6) is 0.0159. The summed E-state index contributed by atoms with van der Waals surface area (Å²) >= 11 is 0. The van der Waals surface area contributed by atoms with Crippen LogP contribution in [0.4, 0.5) is 0 Å². The highest BCUT2D eigenvalue weighted by molar-refractivity contribution is 5.71. The van der Waals surface area contributed by atoms with Crippen molar-refractivity contribution in [3.63, 3.8) is 0 Å². The van der Waals surface area contributed by atoms with Gasteiger partial charge in [0.2, 0.25) is 0 Å². The molecule has 0 aliphatic heterocycles. The van der Waals surface area contributed by atoms with Gasteiger partial charge in [0.1, 0.15) is 11.8 Å². The van der Waals surface area contributed by atoms with Crippen LogP contribution in [0, 0.1) is 11.3 Å². The Kier molecular flexibility index (Phi) is 3.41. The Labute approximate surface area is 123 Å². The highest BCUT2D eigenvalue weighted by atomic mass is 16.3. The van der Waals surface area contributed by atoms with Gasteiger partial charge >= 0.3 is 0 Å². The van der Waals surface area contributed by atoms with E-state index in [2.05, 4.69) is 24.3 Å². The first-order valence-electron chi connectivity index (χ1n) is 6.67. The second-order valence-electron chi connectivity index (χ2n) is 4.79. The Morgan fingerprint density at radius 3 is 1.81 bits per heavy atom. The minimum atomic E-state index is 0.0159. The number of aromatic hydroxyl groups is 1. The summed E-state index contributed by atoms with van der Waals surface area (Å²) in [6.07, 6.45) is 0. The average Bonchev–Trinajstić information content (AvgIpc) is 2.56. The van der Waals surface area contributed by atoms with Crippen LogP contribution in [0.5, 0.6) is 5.75 Å². The summed E-state index contributed by atoms with van der Waals surface area (Å²) in [6, 6.07) is 25.4. The summed E-state index contributed by atoms with van der Waals surface area (Å²) < 4.78 is 0. The van der Waals surface area contributed by atoms with Gasteiger partial charge in [-0.2, -0.15) is 5.26 Å². The van der Waals surface area contributed by atoms with Crippen LogP contribution in [0.2, 0.25) is 0 Å². The number of benzene rings is 3. The van der Waals surface area contributed by atoms with E-state index in [0.29, 0.717) is 5.56 Å². The van der Waals surface area contributed by atoms with Crippen LogP contribution in [-0.4, -0.2) is 5.11 Å². The number of phenols is 1. The molecule has 2 heteroatoms. The van der Waals surface area contributed by atoms with E-state index in [1.807, 2.05) is 42.5 Å². The van der Waals surface area contributed by atoms with Crippen LogP contribution in [-0.2, 0) is 0 Å². The molecule has 0 atom stereocenters. The zero-order valence-electron chi connectivity index (χ0n) is 11.3. The molecule has 1 N–H and O–H groups in total. The zero-order valence-corrected chi connectivity index (χ0v) is 11.3. The second kappa shape index (κ2) is 5.52. The summed E-state index contributed by atoms with van der Waals surface area (Å²) in [5.41, 5.74) is 4.56. The molecule has 100 valence electrons. The summed E-state index contributed by atoms with van der Waals surface area (Å²) in [6.45, 7) is 0. The largest absolute Gasteiger partial charge is 0.507 e. The van der Waals surface area contributed by atoms with Gasteiger partial charge in [-0.3, -0.25) is 0 Å². The Hall–Kier alpha value is -3.05. The molecule has 0 saturated heterocycles. The van der Waals surface area contributed by atoms with Gasteiger partial charge < -0.3 is 5.11 Å². The molecule has 0 aromatic heterocycles. The molecule has 3 aromatic rings. The Morgan fingerprint density at radius 1 is 0.667 bits per heavy atom. The zero-order chi connectivity index (χ0) is 14.7. The van der Waals surface area contributed by atoms with Gasteiger partial charge in [0.25, 0.3) is 0 Å². The molecule has 21 heavy (non-hydrogen) atoms. The molecule has 3 rings (SSSR count). The molecular weight excluding hydrogens is 258 g/mol. The van der Waals surface area contributed by atoms with Crippen LogP contribution in [0.15, 0.2) is 72.8 Å². The van der Waals surface area contributed by atoms with Crippen molar-refractivity contribution >= 4 is 0 Å². The lowest BCUT2D eigenvalue weighted by molar-refractivity contribution is 0.473. The minimum absolute atomic E-state index is 0.0159. The van der Waals surface area contributed by atoms with Gasteiger partial charge in [0, 0.05) is 0 Å². The van der Waals surface area contributed by atoms with Gasteiger partial charge in [-0.25, -0.2) is 0 Å². The number of rotatable bonds is 2. The lowest BCUT2D eigenvalue weighted by Gasteiger charge is -2.06. The molecule has 3 aromatic carbocycles. The molecule has 0 saturated carbocycles. The van der Waals surface area contributed by atoms with Crippen LogP contribution in [0.1, 0.15) is 5.56 Å².